The fourth-order valence-electron chi connectivity index (χ4n) is 4.03. The number of halogens is 1. The SMILES string of the molecule is OCC(c1ccccc1Cl)C1CC2CCC1C2. The van der Waals surface area contributed by atoms with E-state index in [-0.39, 0.29) is 12.5 Å². The van der Waals surface area contributed by atoms with Crippen LogP contribution in [0.2, 0.25) is 5.02 Å². The van der Waals surface area contributed by atoms with Gasteiger partial charge in [0.15, 0.2) is 0 Å². The van der Waals surface area contributed by atoms with E-state index in [0.29, 0.717) is 5.92 Å². The zero-order chi connectivity index (χ0) is 11.8. The van der Waals surface area contributed by atoms with Crippen molar-refractivity contribution in [3.05, 3.63) is 34.9 Å². The summed E-state index contributed by atoms with van der Waals surface area (Å²) < 4.78 is 0. The fraction of sp³-hybridized carbons (Fsp3) is 0.600. The normalized spacial score (nSPS) is 32.9. The van der Waals surface area contributed by atoms with Crippen LogP contribution in [0.15, 0.2) is 24.3 Å². The highest BCUT2D eigenvalue weighted by Gasteiger charge is 2.43. The average Bonchev–Trinajstić information content (AvgIpc) is 2.95. The van der Waals surface area contributed by atoms with Gasteiger partial charge in [-0.1, -0.05) is 36.2 Å². The third-order valence-electron chi connectivity index (χ3n) is 4.81. The lowest BCUT2D eigenvalue weighted by Crippen LogP contribution is -2.22. The number of fused-ring (bicyclic) bond motifs is 2. The van der Waals surface area contributed by atoms with Crippen LogP contribution in [-0.4, -0.2) is 11.7 Å². The van der Waals surface area contributed by atoms with Crippen LogP contribution >= 0.6 is 11.6 Å². The molecule has 2 bridgehead atoms. The maximum absolute atomic E-state index is 9.73. The first-order chi connectivity index (χ1) is 8.29. The summed E-state index contributed by atoms with van der Waals surface area (Å²) in [6.07, 6.45) is 5.44. The van der Waals surface area contributed by atoms with Gasteiger partial charge in [-0.3, -0.25) is 0 Å². The minimum absolute atomic E-state index is 0.234. The van der Waals surface area contributed by atoms with Crippen LogP contribution in [-0.2, 0) is 0 Å². The molecule has 0 saturated heterocycles. The molecular formula is C15H19ClO. The van der Waals surface area contributed by atoms with E-state index < -0.39 is 0 Å². The molecule has 0 aromatic heterocycles. The summed E-state index contributed by atoms with van der Waals surface area (Å²) >= 11 is 6.27. The van der Waals surface area contributed by atoms with Gasteiger partial charge in [-0.15, -0.1) is 0 Å². The van der Waals surface area contributed by atoms with Gasteiger partial charge in [0.1, 0.15) is 0 Å². The van der Waals surface area contributed by atoms with Crippen molar-refractivity contribution in [1.29, 1.82) is 0 Å². The van der Waals surface area contributed by atoms with Gasteiger partial charge in [0.25, 0.3) is 0 Å². The van der Waals surface area contributed by atoms with Crippen LogP contribution in [0.4, 0.5) is 0 Å². The second kappa shape index (κ2) is 4.62. The van der Waals surface area contributed by atoms with Crippen molar-refractivity contribution in [3.8, 4) is 0 Å². The second-order valence-corrected chi connectivity index (χ2v) is 6.06. The van der Waals surface area contributed by atoms with Crippen molar-refractivity contribution in [2.75, 3.05) is 6.61 Å². The monoisotopic (exact) mass is 250 g/mol. The van der Waals surface area contributed by atoms with E-state index in [2.05, 4.69) is 6.07 Å². The lowest BCUT2D eigenvalue weighted by molar-refractivity contribution is 0.185. The third kappa shape index (κ3) is 2.00. The molecule has 0 spiro atoms. The molecule has 0 amide bonds. The second-order valence-electron chi connectivity index (χ2n) is 5.65. The van der Waals surface area contributed by atoms with Crippen LogP contribution in [0.3, 0.4) is 0 Å². The topological polar surface area (TPSA) is 20.2 Å². The Kier molecular flexibility index (Phi) is 3.14. The number of aliphatic hydroxyl groups excluding tert-OH is 1. The van der Waals surface area contributed by atoms with Crippen LogP contribution in [0.25, 0.3) is 0 Å². The van der Waals surface area contributed by atoms with Crippen molar-refractivity contribution >= 4 is 11.6 Å². The molecule has 0 heterocycles. The Morgan fingerprint density at radius 3 is 2.65 bits per heavy atom. The van der Waals surface area contributed by atoms with E-state index in [4.69, 9.17) is 11.6 Å². The highest BCUT2D eigenvalue weighted by molar-refractivity contribution is 6.31. The molecular weight excluding hydrogens is 232 g/mol. The number of hydrogen-bond donors (Lipinski definition) is 1. The molecule has 4 unspecified atom stereocenters. The zero-order valence-electron chi connectivity index (χ0n) is 9.98. The smallest absolute Gasteiger partial charge is 0.0503 e. The number of hydrogen-bond acceptors (Lipinski definition) is 1. The highest BCUT2D eigenvalue weighted by Crippen LogP contribution is 2.53. The summed E-state index contributed by atoms with van der Waals surface area (Å²) in [6.45, 7) is 0.234. The van der Waals surface area contributed by atoms with Crippen LogP contribution < -0.4 is 0 Å². The maximum atomic E-state index is 9.73. The van der Waals surface area contributed by atoms with Gasteiger partial charge >= 0.3 is 0 Å². The largest absolute Gasteiger partial charge is 0.396 e. The highest BCUT2D eigenvalue weighted by atomic mass is 35.5. The molecule has 2 fully saturated rings. The summed E-state index contributed by atoms with van der Waals surface area (Å²) in [4.78, 5) is 0. The lowest BCUT2D eigenvalue weighted by Gasteiger charge is -2.30. The van der Waals surface area contributed by atoms with E-state index in [1.807, 2.05) is 18.2 Å². The fourth-order valence-corrected chi connectivity index (χ4v) is 4.30. The third-order valence-corrected chi connectivity index (χ3v) is 5.16. The van der Waals surface area contributed by atoms with Crippen molar-refractivity contribution in [2.45, 2.75) is 31.6 Å². The Morgan fingerprint density at radius 2 is 2.06 bits per heavy atom. The molecule has 2 aliphatic rings. The predicted molar refractivity (Wildman–Crippen MR) is 70.2 cm³/mol. The van der Waals surface area contributed by atoms with Gasteiger partial charge in [0.2, 0.25) is 0 Å². The van der Waals surface area contributed by atoms with E-state index in [9.17, 15) is 5.11 Å². The van der Waals surface area contributed by atoms with Crippen LogP contribution in [0, 0.1) is 17.8 Å². The molecule has 0 radical (unpaired) electrons. The van der Waals surface area contributed by atoms with Gasteiger partial charge in [-0.05, 0) is 48.6 Å². The molecule has 2 heteroatoms. The van der Waals surface area contributed by atoms with Gasteiger partial charge in [0, 0.05) is 10.9 Å². The standard InChI is InChI=1S/C15H19ClO/c16-15-4-2-1-3-12(15)14(9-17)13-8-10-5-6-11(13)7-10/h1-4,10-11,13-14,17H,5-9H2. The van der Waals surface area contributed by atoms with Crippen LogP contribution in [0.5, 0.6) is 0 Å². The van der Waals surface area contributed by atoms with E-state index >= 15 is 0 Å². The summed E-state index contributed by atoms with van der Waals surface area (Å²) in [5.74, 6) is 2.65. The van der Waals surface area contributed by atoms with Gasteiger partial charge < -0.3 is 5.11 Å². The Bertz CT molecular complexity index is 404. The Morgan fingerprint density at radius 1 is 1.24 bits per heavy atom. The van der Waals surface area contributed by atoms with Crippen molar-refractivity contribution in [1.82, 2.24) is 0 Å². The van der Waals surface area contributed by atoms with Gasteiger partial charge in [-0.2, -0.15) is 0 Å². The first-order valence-corrected chi connectivity index (χ1v) is 7.02. The molecule has 1 N–H and O–H groups in total. The molecule has 1 aromatic carbocycles. The predicted octanol–water partition coefficient (Wildman–Crippen LogP) is 3.85. The minimum Gasteiger partial charge on any atom is -0.396 e. The van der Waals surface area contributed by atoms with Crippen LogP contribution in [0.1, 0.15) is 37.2 Å². The van der Waals surface area contributed by atoms with E-state index in [1.165, 1.54) is 25.7 Å². The molecule has 0 aliphatic heterocycles. The summed E-state index contributed by atoms with van der Waals surface area (Å²) in [5.41, 5.74) is 1.15. The Hall–Kier alpha value is -0.530. The quantitative estimate of drug-likeness (QED) is 0.864. The first kappa shape index (κ1) is 11.6. The summed E-state index contributed by atoms with van der Waals surface area (Å²) in [7, 11) is 0. The van der Waals surface area contributed by atoms with E-state index in [1.54, 1.807) is 0 Å². The van der Waals surface area contributed by atoms with Crippen molar-refractivity contribution in [3.63, 3.8) is 0 Å². The molecule has 2 saturated carbocycles. The van der Waals surface area contributed by atoms with Gasteiger partial charge in [0.05, 0.1) is 6.61 Å². The molecule has 1 aromatic rings. The molecule has 1 nitrogen and oxygen atoms in total. The number of rotatable bonds is 3. The molecule has 92 valence electrons. The molecule has 3 rings (SSSR count). The van der Waals surface area contributed by atoms with E-state index in [0.717, 1.165) is 22.4 Å². The molecule has 4 atom stereocenters. The average molecular weight is 251 g/mol. The zero-order valence-corrected chi connectivity index (χ0v) is 10.7. The summed E-state index contributed by atoms with van der Waals surface area (Å²) in [6, 6.07) is 8.00. The summed E-state index contributed by atoms with van der Waals surface area (Å²) in [5, 5.41) is 10.5. The van der Waals surface area contributed by atoms with Crippen molar-refractivity contribution < 1.29 is 5.11 Å². The molecule has 17 heavy (non-hydrogen) atoms. The Labute approximate surface area is 108 Å². The number of aliphatic hydroxyl groups is 1. The number of benzene rings is 1. The van der Waals surface area contributed by atoms with Gasteiger partial charge in [-0.25, -0.2) is 0 Å². The maximum Gasteiger partial charge on any atom is 0.0503 e. The first-order valence-electron chi connectivity index (χ1n) is 6.65. The Balaban J connectivity index is 1.87. The lowest BCUT2D eigenvalue weighted by atomic mass is 9.76. The van der Waals surface area contributed by atoms with Crippen molar-refractivity contribution in [2.24, 2.45) is 17.8 Å². The molecule has 2 aliphatic carbocycles. The minimum atomic E-state index is 0.234.